The highest BCUT2D eigenvalue weighted by atomic mass is 32.2. The van der Waals surface area contributed by atoms with Crippen LogP contribution in [0, 0.1) is 6.92 Å². The number of nitrogens with one attached hydrogen (secondary N) is 1. The van der Waals surface area contributed by atoms with E-state index in [-0.39, 0.29) is 5.84 Å². The van der Waals surface area contributed by atoms with Crippen LogP contribution in [-0.4, -0.2) is 21.0 Å². The van der Waals surface area contributed by atoms with Crippen LogP contribution < -0.4 is 5.73 Å². The highest BCUT2D eigenvalue weighted by Gasteiger charge is 2.06. The van der Waals surface area contributed by atoms with E-state index < -0.39 is 0 Å². The van der Waals surface area contributed by atoms with Gasteiger partial charge in [-0.15, -0.1) is 0 Å². The smallest absolute Gasteiger partial charge is 0.170 e. The van der Waals surface area contributed by atoms with Gasteiger partial charge in [0.1, 0.15) is 0 Å². The second kappa shape index (κ2) is 4.92. The molecular formula is C11H12N4OS. The van der Waals surface area contributed by atoms with E-state index in [1.54, 1.807) is 12.4 Å². The van der Waals surface area contributed by atoms with E-state index in [0.29, 0.717) is 0 Å². The van der Waals surface area contributed by atoms with Crippen molar-refractivity contribution >= 4 is 17.6 Å². The molecule has 5 nitrogen and oxygen atoms in total. The summed E-state index contributed by atoms with van der Waals surface area (Å²) in [5, 5.41) is 12.5. The predicted molar refractivity (Wildman–Crippen MR) is 66.4 cm³/mol. The summed E-state index contributed by atoms with van der Waals surface area (Å²) < 4.78 is 0. The van der Waals surface area contributed by atoms with Gasteiger partial charge in [0, 0.05) is 22.9 Å². The van der Waals surface area contributed by atoms with Crippen LogP contribution in [0.15, 0.2) is 45.8 Å². The van der Waals surface area contributed by atoms with Gasteiger partial charge in [-0.25, -0.2) is 4.98 Å². The Morgan fingerprint density at radius 2 is 2.35 bits per heavy atom. The van der Waals surface area contributed by atoms with Crippen LogP contribution in [-0.2, 0) is 0 Å². The molecule has 0 saturated heterocycles. The van der Waals surface area contributed by atoms with Crippen molar-refractivity contribution < 1.29 is 5.21 Å². The lowest BCUT2D eigenvalue weighted by Gasteiger charge is -2.05. The lowest BCUT2D eigenvalue weighted by molar-refractivity contribution is 0.318. The molecule has 6 heteroatoms. The number of amidine groups is 1. The van der Waals surface area contributed by atoms with E-state index >= 15 is 0 Å². The molecule has 0 radical (unpaired) electrons. The second-order valence-electron chi connectivity index (χ2n) is 3.46. The molecule has 0 amide bonds. The summed E-state index contributed by atoms with van der Waals surface area (Å²) >= 11 is 1.53. The average molecular weight is 248 g/mol. The summed E-state index contributed by atoms with van der Waals surface area (Å²) in [4.78, 5) is 8.20. The van der Waals surface area contributed by atoms with E-state index in [4.69, 9.17) is 10.9 Å². The lowest BCUT2D eigenvalue weighted by Crippen LogP contribution is -2.14. The maximum Gasteiger partial charge on any atom is 0.170 e. The van der Waals surface area contributed by atoms with Crippen molar-refractivity contribution in [2.24, 2.45) is 10.9 Å². The number of rotatable bonds is 3. The molecule has 0 atom stereocenters. The third-order valence-corrected chi connectivity index (χ3v) is 3.18. The molecular weight excluding hydrogens is 236 g/mol. The Balaban J connectivity index is 2.25. The van der Waals surface area contributed by atoms with Crippen molar-refractivity contribution in [1.29, 1.82) is 0 Å². The highest BCUT2D eigenvalue weighted by Crippen LogP contribution is 2.26. The number of imidazole rings is 1. The molecule has 0 aliphatic carbocycles. The van der Waals surface area contributed by atoms with Crippen molar-refractivity contribution in [3.05, 3.63) is 41.7 Å². The molecule has 0 aliphatic rings. The van der Waals surface area contributed by atoms with E-state index in [1.807, 2.05) is 25.1 Å². The van der Waals surface area contributed by atoms with E-state index in [1.165, 1.54) is 11.8 Å². The number of oxime groups is 1. The zero-order valence-electron chi connectivity index (χ0n) is 9.21. The van der Waals surface area contributed by atoms with E-state index in [9.17, 15) is 0 Å². The van der Waals surface area contributed by atoms with Gasteiger partial charge in [-0.3, -0.25) is 0 Å². The van der Waals surface area contributed by atoms with Gasteiger partial charge >= 0.3 is 0 Å². The number of nitrogens with zero attached hydrogens (tertiary/aromatic N) is 2. The molecule has 0 spiro atoms. The summed E-state index contributed by atoms with van der Waals surface area (Å²) in [6, 6.07) is 5.71. The summed E-state index contributed by atoms with van der Waals surface area (Å²) in [7, 11) is 0. The number of nitrogens with two attached hydrogens (primary N) is 1. The van der Waals surface area contributed by atoms with Crippen molar-refractivity contribution in [3.8, 4) is 0 Å². The van der Waals surface area contributed by atoms with Crippen LogP contribution in [0.2, 0.25) is 0 Å². The van der Waals surface area contributed by atoms with Crippen molar-refractivity contribution in [2.75, 3.05) is 0 Å². The van der Waals surface area contributed by atoms with Gasteiger partial charge in [-0.05, 0) is 30.7 Å². The fourth-order valence-electron chi connectivity index (χ4n) is 1.46. The third kappa shape index (κ3) is 2.59. The molecule has 0 bridgehead atoms. The lowest BCUT2D eigenvalue weighted by atomic mass is 10.1. The predicted octanol–water partition coefficient (Wildman–Crippen LogP) is 1.96. The molecule has 0 unspecified atom stereocenters. The second-order valence-corrected chi connectivity index (χ2v) is 4.52. The van der Waals surface area contributed by atoms with Crippen LogP contribution in [0.3, 0.4) is 0 Å². The molecule has 0 aliphatic heterocycles. The molecule has 4 N–H and O–H groups in total. The largest absolute Gasteiger partial charge is 0.409 e. The van der Waals surface area contributed by atoms with Gasteiger partial charge in [0.15, 0.2) is 11.0 Å². The molecule has 1 aromatic carbocycles. The molecule has 0 fully saturated rings. The molecule has 88 valence electrons. The molecule has 2 aromatic rings. The van der Waals surface area contributed by atoms with Gasteiger partial charge in [0.2, 0.25) is 0 Å². The fraction of sp³-hybridized carbons (Fsp3) is 0.0909. The SMILES string of the molecule is Cc1cc(Sc2ncc[nH]2)ccc1/C(N)=N/O. The first kappa shape index (κ1) is 11.5. The van der Waals surface area contributed by atoms with E-state index in [0.717, 1.165) is 21.2 Å². The van der Waals surface area contributed by atoms with Gasteiger partial charge in [-0.2, -0.15) is 0 Å². The normalized spacial score (nSPS) is 11.7. The number of aromatic amines is 1. The molecule has 1 heterocycles. The number of H-pyrrole nitrogens is 1. The van der Waals surface area contributed by atoms with Crippen LogP contribution in [0.25, 0.3) is 0 Å². The topological polar surface area (TPSA) is 87.3 Å². The van der Waals surface area contributed by atoms with Crippen LogP contribution in [0.5, 0.6) is 0 Å². The van der Waals surface area contributed by atoms with Gasteiger partial charge in [0.25, 0.3) is 0 Å². The van der Waals surface area contributed by atoms with Crippen LogP contribution >= 0.6 is 11.8 Å². The number of hydrogen-bond acceptors (Lipinski definition) is 4. The third-order valence-electron chi connectivity index (χ3n) is 2.27. The highest BCUT2D eigenvalue weighted by molar-refractivity contribution is 7.99. The monoisotopic (exact) mass is 248 g/mol. The minimum absolute atomic E-state index is 0.122. The Labute approximate surface area is 103 Å². The first-order valence-corrected chi connectivity index (χ1v) is 5.78. The number of aromatic nitrogens is 2. The number of aryl methyl sites for hydroxylation is 1. The minimum Gasteiger partial charge on any atom is -0.409 e. The first-order chi connectivity index (χ1) is 8.20. The zero-order chi connectivity index (χ0) is 12.3. The zero-order valence-corrected chi connectivity index (χ0v) is 10.0. The Kier molecular flexibility index (Phi) is 3.34. The van der Waals surface area contributed by atoms with Crippen molar-refractivity contribution in [2.45, 2.75) is 17.0 Å². The number of hydrogen-bond donors (Lipinski definition) is 3. The molecule has 0 saturated carbocycles. The summed E-state index contributed by atoms with van der Waals surface area (Å²) in [6.45, 7) is 1.92. The molecule has 17 heavy (non-hydrogen) atoms. The summed E-state index contributed by atoms with van der Waals surface area (Å²) in [6.07, 6.45) is 3.49. The Bertz CT molecular complexity index is 536. The summed E-state index contributed by atoms with van der Waals surface area (Å²) in [5.41, 5.74) is 7.24. The van der Waals surface area contributed by atoms with Gasteiger partial charge in [-0.1, -0.05) is 16.9 Å². The first-order valence-electron chi connectivity index (χ1n) is 4.96. The molecule has 1 aromatic heterocycles. The quantitative estimate of drug-likeness (QED) is 0.335. The van der Waals surface area contributed by atoms with Gasteiger partial charge < -0.3 is 15.9 Å². The Morgan fingerprint density at radius 3 is 2.94 bits per heavy atom. The van der Waals surface area contributed by atoms with Gasteiger partial charge in [0.05, 0.1) is 0 Å². The molecule has 2 rings (SSSR count). The number of benzene rings is 1. The van der Waals surface area contributed by atoms with Crippen molar-refractivity contribution in [1.82, 2.24) is 9.97 Å². The Morgan fingerprint density at radius 1 is 1.53 bits per heavy atom. The fourth-order valence-corrected chi connectivity index (χ4v) is 2.29. The van der Waals surface area contributed by atoms with Crippen LogP contribution in [0.4, 0.5) is 0 Å². The maximum absolute atomic E-state index is 8.63. The van der Waals surface area contributed by atoms with Crippen molar-refractivity contribution in [3.63, 3.8) is 0 Å². The maximum atomic E-state index is 8.63. The standard InChI is InChI=1S/C11H12N4OS/c1-7-6-8(17-11-13-4-5-14-11)2-3-9(7)10(12)15-16/h2-6,16H,1H3,(H2,12,15)(H,13,14). The van der Waals surface area contributed by atoms with Crippen LogP contribution in [0.1, 0.15) is 11.1 Å². The summed E-state index contributed by atoms with van der Waals surface area (Å²) in [5.74, 6) is 0.122. The average Bonchev–Trinajstić information content (AvgIpc) is 2.81. The minimum atomic E-state index is 0.122. The Hall–Kier alpha value is -1.95. The van der Waals surface area contributed by atoms with E-state index in [2.05, 4.69) is 15.1 Å².